The van der Waals surface area contributed by atoms with Gasteiger partial charge in [-0.15, -0.1) is 0 Å². The van der Waals surface area contributed by atoms with Crippen LogP contribution >= 0.6 is 0 Å². The molecule has 3 rings (SSSR count). The van der Waals surface area contributed by atoms with Crippen molar-refractivity contribution in [2.45, 2.75) is 4.90 Å². The molecule has 2 N–H and O–H groups in total. The minimum Gasteiger partial charge on any atom is -0.482 e. The maximum absolute atomic E-state index is 12.3. The van der Waals surface area contributed by atoms with Crippen molar-refractivity contribution in [3.8, 4) is 11.8 Å². The molecule has 0 aromatic heterocycles. The van der Waals surface area contributed by atoms with E-state index in [0.717, 1.165) is 0 Å². The van der Waals surface area contributed by atoms with Crippen molar-refractivity contribution in [3.05, 3.63) is 48.0 Å². The summed E-state index contributed by atoms with van der Waals surface area (Å²) in [5, 5.41) is 11.3. The van der Waals surface area contributed by atoms with Gasteiger partial charge in [-0.3, -0.25) is 9.52 Å². The fourth-order valence-corrected chi connectivity index (χ4v) is 3.12. The molecular weight excluding hydrogens is 318 g/mol. The van der Waals surface area contributed by atoms with Gasteiger partial charge in [0.05, 0.1) is 27.9 Å². The minimum atomic E-state index is -3.79. The topological polar surface area (TPSA) is 108 Å². The zero-order valence-electron chi connectivity index (χ0n) is 11.7. The number of fused-ring (bicyclic) bond motifs is 1. The van der Waals surface area contributed by atoms with Crippen LogP contribution in [0.3, 0.4) is 0 Å². The summed E-state index contributed by atoms with van der Waals surface area (Å²) >= 11 is 0. The average Bonchev–Trinajstić information content (AvgIpc) is 2.54. The van der Waals surface area contributed by atoms with Crippen LogP contribution in [0.2, 0.25) is 0 Å². The summed E-state index contributed by atoms with van der Waals surface area (Å²) in [7, 11) is -3.79. The normalized spacial score (nSPS) is 13.3. The summed E-state index contributed by atoms with van der Waals surface area (Å²) in [4.78, 5) is 11.3. The van der Waals surface area contributed by atoms with Crippen LogP contribution in [0.15, 0.2) is 47.4 Å². The number of nitriles is 1. The number of carbonyl (C=O) groups is 1. The Labute approximate surface area is 132 Å². The number of ether oxygens (including phenoxy) is 1. The molecule has 1 amide bonds. The first kappa shape index (κ1) is 14.9. The maximum Gasteiger partial charge on any atom is 0.262 e. The Morgan fingerprint density at radius 2 is 1.91 bits per heavy atom. The van der Waals surface area contributed by atoms with Gasteiger partial charge >= 0.3 is 0 Å². The molecule has 0 atom stereocenters. The lowest BCUT2D eigenvalue weighted by Crippen LogP contribution is -2.25. The van der Waals surface area contributed by atoms with E-state index in [0.29, 0.717) is 22.7 Å². The van der Waals surface area contributed by atoms with Crippen LogP contribution in [0.1, 0.15) is 5.56 Å². The van der Waals surface area contributed by atoms with Gasteiger partial charge in [0, 0.05) is 0 Å². The number of sulfonamides is 1. The standard InChI is InChI=1S/C15H11N3O4S/c16-8-10-1-4-12(5-2-10)23(20,21)18-11-3-6-14-13(7-11)17-15(19)9-22-14/h1-7,18H,9H2,(H,17,19). The van der Waals surface area contributed by atoms with Gasteiger partial charge in [-0.05, 0) is 42.5 Å². The molecule has 0 unspecified atom stereocenters. The predicted molar refractivity (Wildman–Crippen MR) is 82.5 cm³/mol. The first-order valence-electron chi connectivity index (χ1n) is 6.58. The number of carbonyl (C=O) groups excluding carboxylic acids is 1. The van der Waals surface area contributed by atoms with E-state index in [1.165, 1.54) is 36.4 Å². The van der Waals surface area contributed by atoms with Crippen LogP contribution in [-0.2, 0) is 14.8 Å². The van der Waals surface area contributed by atoms with Crippen molar-refractivity contribution in [1.29, 1.82) is 5.26 Å². The van der Waals surface area contributed by atoms with Crippen molar-refractivity contribution in [2.24, 2.45) is 0 Å². The molecule has 116 valence electrons. The number of nitrogens with one attached hydrogen (secondary N) is 2. The average molecular weight is 329 g/mol. The number of rotatable bonds is 3. The molecule has 1 heterocycles. The van der Waals surface area contributed by atoms with E-state index in [4.69, 9.17) is 10.00 Å². The molecule has 7 nitrogen and oxygen atoms in total. The van der Waals surface area contributed by atoms with Gasteiger partial charge < -0.3 is 10.1 Å². The van der Waals surface area contributed by atoms with Crippen LogP contribution < -0.4 is 14.8 Å². The van der Waals surface area contributed by atoms with E-state index < -0.39 is 10.0 Å². The summed E-state index contributed by atoms with van der Waals surface area (Å²) in [6.07, 6.45) is 0. The zero-order chi connectivity index (χ0) is 16.4. The lowest BCUT2D eigenvalue weighted by Gasteiger charge is -2.18. The molecule has 2 aromatic rings. The van der Waals surface area contributed by atoms with Crippen molar-refractivity contribution in [2.75, 3.05) is 16.6 Å². The number of anilines is 2. The van der Waals surface area contributed by atoms with Gasteiger partial charge in [-0.2, -0.15) is 5.26 Å². The molecule has 23 heavy (non-hydrogen) atoms. The quantitative estimate of drug-likeness (QED) is 0.891. The number of benzene rings is 2. The maximum atomic E-state index is 12.3. The molecule has 2 aromatic carbocycles. The van der Waals surface area contributed by atoms with E-state index in [9.17, 15) is 13.2 Å². The third-order valence-electron chi connectivity index (χ3n) is 3.16. The van der Waals surface area contributed by atoms with Gasteiger partial charge in [-0.25, -0.2) is 8.42 Å². The van der Waals surface area contributed by atoms with E-state index in [1.807, 2.05) is 6.07 Å². The molecule has 8 heteroatoms. The number of nitrogens with zero attached hydrogens (tertiary/aromatic N) is 1. The summed E-state index contributed by atoms with van der Waals surface area (Å²) < 4.78 is 32.3. The number of hydrogen-bond acceptors (Lipinski definition) is 5. The molecule has 0 radical (unpaired) electrons. The Kier molecular flexibility index (Phi) is 3.64. The van der Waals surface area contributed by atoms with E-state index in [2.05, 4.69) is 10.0 Å². The molecular formula is C15H11N3O4S. The first-order valence-corrected chi connectivity index (χ1v) is 8.06. The van der Waals surface area contributed by atoms with Gasteiger partial charge in [0.2, 0.25) is 0 Å². The highest BCUT2D eigenvalue weighted by Crippen LogP contribution is 2.31. The molecule has 0 aliphatic carbocycles. The zero-order valence-corrected chi connectivity index (χ0v) is 12.6. The summed E-state index contributed by atoms with van der Waals surface area (Å²) in [5.41, 5.74) is 1.07. The van der Waals surface area contributed by atoms with Crippen molar-refractivity contribution < 1.29 is 17.9 Å². The van der Waals surface area contributed by atoms with Crippen LogP contribution in [0, 0.1) is 11.3 Å². The summed E-state index contributed by atoms with van der Waals surface area (Å²) in [5.74, 6) is 0.176. The van der Waals surface area contributed by atoms with Crippen molar-refractivity contribution >= 4 is 27.3 Å². The van der Waals surface area contributed by atoms with Gasteiger partial charge in [0.25, 0.3) is 15.9 Å². The highest BCUT2D eigenvalue weighted by atomic mass is 32.2. The highest BCUT2D eigenvalue weighted by Gasteiger charge is 2.18. The third kappa shape index (κ3) is 3.09. The van der Waals surface area contributed by atoms with Gasteiger partial charge in [0.1, 0.15) is 5.75 Å². The van der Waals surface area contributed by atoms with E-state index >= 15 is 0 Å². The largest absolute Gasteiger partial charge is 0.482 e. The molecule has 0 saturated heterocycles. The van der Waals surface area contributed by atoms with Crippen LogP contribution in [0.5, 0.6) is 5.75 Å². The second-order valence-electron chi connectivity index (χ2n) is 4.79. The molecule has 0 saturated carbocycles. The van der Waals surface area contributed by atoms with E-state index in [1.54, 1.807) is 6.07 Å². The smallest absolute Gasteiger partial charge is 0.262 e. The summed E-state index contributed by atoms with van der Waals surface area (Å²) in [6, 6.07) is 12.1. The fraction of sp³-hybridized carbons (Fsp3) is 0.0667. The van der Waals surface area contributed by atoms with Crippen LogP contribution in [0.4, 0.5) is 11.4 Å². The van der Waals surface area contributed by atoms with Crippen LogP contribution in [-0.4, -0.2) is 20.9 Å². The predicted octanol–water partition coefficient (Wildman–Crippen LogP) is 1.69. The van der Waals surface area contributed by atoms with Crippen molar-refractivity contribution in [1.82, 2.24) is 0 Å². The highest BCUT2D eigenvalue weighted by molar-refractivity contribution is 7.92. The Balaban J connectivity index is 1.87. The minimum absolute atomic E-state index is 0.0366. The van der Waals surface area contributed by atoms with Gasteiger partial charge in [-0.1, -0.05) is 0 Å². The molecule has 1 aliphatic heterocycles. The number of amides is 1. The van der Waals surface area contributed by atoms with Crippen molar-refractivity contribution in [3.63, 3.8) is 0 Å². The Bertz CT molecular complexity index is 915. The molecule has 1 aliphatic rings. The lowest BCUT2D eigenvalue weighted by molar-refractivity contribution is -0.118. The first-order chi connectivity index (χ1) is 11.0. The van der Waals surface area contributed by atoms with E-state index in [-0.39, 0.29) is 17.4 Å². The number of hydrogen-bond donors (Lipinski definition) is 2. The second-order valence-corrected chi connectivity index (χ2v) is 6.47. The molecule has 0 spiro atoms. The van der Waals surface area contributed by atoms with Gasteiger partial charge in [0.15, 0.2) is 6.61 Å². The third-order valence-corrected chi connectivity index (χ3v) is 4.56. The lowest BCUT2D eigenvalue weighted by atomic mass is 10.2. The Morgan fingerprint density at radius 3 is 2.61 bits per heavy atom. The summed E-state index contributed by atoms with van der Waals surface area (Å²) in [6.45, 7) is -0.0662. The fourth-order valence-electron chi connectivity index (χ4n) is 2.07. The Hall–Kier alpha value is -3.05. The molecule has 0 fully saturated rings. The Morgan fingerprint density at radius 1 is 1.17 bits per heavy atom. The molecule has 0 bridgehead atoms. The van der Waals surface area contributed by atoms with Crippen LogP contribution in [0.25, 0.3) is 0 Å². The monoisotopic (exact) mass is 329 g/mol. The SMILES string of the molecule is N#Cc1ccc(S(=O)(=O)Nc2ccc3c(c2)NC(=O)CO3)cc1. The second kappa shape index (κ2) is 5.62.